The van der Waals surface area contributed by atoms with Gasteiger partial charge in [-0.25, -0.2) is 8.42 Å². The Morgan fingerprint density at radius 2 is 1.88 bits per heavy atom. The summed E-state index contributed by atoms with van der Waals surface area (Å²) in [6.45, 7) is 1.75. The van der Waals surface area contributed by atoms with Gasteiger partial charge in [0.2, 0.25) is 10.0 Å². The molecule has 1 aliphatic rings. The number of piperazine rings is 1. The van der Waals surface area contributed by atoms with Gasteiger partial charge in [0.25, 0.3) is 0 Å². The number of hydrogen-bond acceptors (Lipinski definition) is 5. The fourth-order valence-electron chi connectivity index (χ4n) is 1.67. The minimum Gasteiger partial charge on any atom is -0.480 e. The fourth-order valence-corrected chi connectivity index (χ4v) is 3.03. The molecule has 0 bridgehead atoms. The van der Waals surface area contributed by atoms with Crippen molar-refractivity contribution in [2.24, 2.45) is 0 Å². The molecule has 1 saturated heterocycles. The molecule has 8 heteroatoms. The third-order valence-electron chi connectivity index (χ3n) is 2.63. The van der Waals surface area contributed by atoms with E-state index in [0.717, 1.165) is 0 Å². The van der Waals surface area contributed by atoms with E-state index in [1.165, 1.54) is 11.4 Å². The van der Waals surface area contributed by atoms with Gasteiger partial charge in [-0.3, -0.25) is 9.69 Å². The van der Waals surface area contributed by atoms with Crippen molar-refractivity contribution in [1.82, 2.24) is 9.21 Å². The number of aliphatic carboxylic acids is 1. The highest BCUT2D eigenvalue weighted by molar-refractivity contribution is 7.89. The van der Waals surface area contributed by atoms with E-state index < -0.39 is 16.0 Å². The van der Waals surface area contributed by atoms with Crippen LogP contribution in [0.5, 0.6) is 0 Å². The Hall–Kier alpha value is -0.700. The van der Waals surface area contributed by atoms with E-state index in [9.17, 15) is 13.2 Å². The summed E-state index contributed by atoms with van der Waals surface area (Å²) in [5.74, 6) is -0.914. The first kappa shape index (κ1) is 14.4. The Labute approximate surface area is 101 Å². The molecule has 0 aromatic rings. The summed E-state index contributed by atoms with van der Waals surface area (Å²) in [5.41, 5.74) is 0. The third kappa shape index (κ3) is 4.58. The van der Waals surface area contributed by atoms with Crippen LogP contribution in [-0.4, -0.2) is 80.9 Å². The molecular weight excluding hydrogens is 248 g/mol. The topological polar surface area (TPSA) is 87.2 Å². The van der Waals surface area contributed by atoms with Crippen molar-refractivity contribution < 1.29 is 23.1 Å². The number of carboxylic acids is 1. The van der Waals surface area contributed by atoms with Crippen LogP contribution < -0.4 is 0 Å². The van der Waals surface area contributed by atoms with Crippen LogP contribution in [0.3, 0.4) is 0 Å². The molecule has 0 aromatic heterocycles. The van der Waals surface area contributed by atoms with E-state index in [1.807, 2.05) is 0 Å². The van der Waals surface area contributed by atoms with Crippen LogP contribution in [0.4, 0.5) is 0 Å². The lowest BCUT2D eigenvalue weighted by molar-refractivity contribution is -0.138. The fraction of sp³-hybridized carbons (Fsp3) is 0.889. The summed E-state index contributed by atoms with van der Waals surface area (Å²) in [6, 6.07) is 0. The lowest BCUT2D eigenvalue weighted by Crippen LogP contribution is -2.50. The van der Waals surface area contributed by atoms with Crippen LogP contribution in [-0.2, 0) is 19.6 Å². The van der Waals surface area contributed by atoms with E-state index >= 15 is 0 Å². The monoisotopic (exact) mass is 266 g/mol. The van der Waals surface area contributed by atoms with Gasteiger partial charge >= 0.3 is 5.97 Å². The predicted molar refractivity (Wildman–Crippen MR) is 61.3 cm³/mol. The summed E-state index contributed by atoms with van der Waals surface area (Å²) in [7, 11) is -1.80. The zero-order valence-corrected chi connectivity index (χ0v) is 10.6. The Kier molecular flexibility index (Phi) is 5.31. The Morgan fingerprint density at radius 3 is 2.35 bits per heavy atom. The number of rotatable bonds is 6. The van der Waals surface area contributed by atoms with Gasteiger partial charge in [-0.05, 0) is 0 Å². The molecule has 0 radical (unpaired) electrons. The second-order valence-electron chi connectivity index (χ2n) is 3.88. The molecule has 1 heterocycles. The SMILES string of the molecule is COCCS(=O)(=O)N1CCN(CC(=O)O)CC1. The maximum atomic E-state index is 11.8. The molecule has 1 N–H and O–H groups in total. The first-order valence-corrected chi connectivity index (χ1v) is 6.97. The van der Waals surface area contributed by atoms with E-state index in [0.29, 0.717) is 26.2 Å². The average molecular weight is 266 g/mol. The molecule has 1 fully saturated rings. The zero-order chi connectivity index (χ0) is 12.9. The van der Waals surface area contributed by atoms with Crippen LogP contribution in [0, 0.1) is 0 Å². The highest BCUT2D eigenvalue weighted by Crippen LogP contribution is 2.07. The lowest BCUT2D eigenvalue weighted by Gasteiger charge is -2.32. The van der Waals surface area contributed by atoms with Crippen LogP contribution in [0.1, 0.15) is 0 Å². The van der Waals surface area contributed by atoms with Crippen LogP contribution in [0.15, 0.2) is 0 Å². The van der Waals surface area contributed by atoms with Gasteiger partial charge in [-0.15, -0.1) is 0 Å². The Bertz CT molecular complexity index is 348. The number of nitrogens with zero attached hydrogens (tertiary/aromatic N) is 2. The normalized spacial score (nSPS) is 19.4. The van der Waals surface area contributed by atoms with E-state index in [4.69, 9.17) is 9.84 Å². The van der Waals surface area contributed by atoms with Crippen molar-refractivity contribution in [3.63, 3.8) is 0 Å². The highest BCUT2D eigenvalue weighted by Gasteiger charge is 2.27. The van der Waals surface area contributed by atoms with Crippen molar-refractivity contribution in [2.75, 3.05) is 52.2 Å². The van der Waals surface area contributed by atoms with Crippen LogP contribution in [0.25, 0.3) is 0 Å². The van der Waals surface area contributed by atoms with E-state index in [-0.39, 0.29) is 18.9 Å². The average Bonchev–Trinajstić information content (AvgIpc) is 2.26. The number of carbonyl (C=O) groups is 1. The predicted octanol–water partition coefficient (Wildman–Crippen LogP) is -1.34. The molecular formula is C9H18N2O5S. The van der Waals surface area contributed by atoms with Gasteiger partial charge in [0, 0.05) is 33.3 Å². The van der Waals surface area contributed by atoms with E-state index in [1.54, 1.807) is 4.90 Å². The molecule has 7 nitrogen and oxygen atoms in total. The van der Waals surface area contributed by atoms with Crippen molar-refractivity contribution in [3.8, 4) is 0 Å². The second kappa shape index (κ2) is 6.29. The van der Waals surface area contributed by atoms with E-state index in [2.05, 4.69) is 0 Å². The Morgan fingerprint density at radius 1 is 1.29 bits per heavy atom. The number of methoxy groups -OCH3 is 1. The third-order valence-corrected chi connectivity index (χ3v) is 4.46. The van der Waals surface area contributed by atoms with Crippen molar-refractivity contribution in [3.05, 3.63) is 0 Å². The van der Waals surface area contributed by atoms with Gasteiger partial charge in [0.15, 0.2) is 0 Å². The quantitative estimate of drug-likeness (QED) is 0.640. The molecule has 1 rings (SSSR count). The molecule has 1 aliphatic heterocycles. The number of ether oxygens (including phenoxy) is 1. The number of hydrogen-bond donors (Lipinski definition) is 1. The first-order valence-electron chi connectivity index (χ1n) is 5.36. The van der Waals surface area contributed by atoms with Crippen LogP contribution in [0.2, 0.25) is 0 Å². The van der Waals surface area contributed by atoms with Crippen molar-refractivity contribution in [2.45, 2.75) is 0 Å². The summed E-state index contributed by atoms with van der Waals surface area (Å²) in [4.78, 5) is 12.2. The molecule has 0 atom stereocenters. The summed E-state index contributed by atoms with van der Waals surface area (Å²) < 4.78 is 29.7. The highest BCUT2D eigenvalue weighted by atomic mass is 32.2. The van der Waals surface area contributed by atoms with Gasteiger partial charge in [0.05, 0.1) is 18.9 Å². The maximum Gasteiger partial charge on any atom is 0.317 e. The first-order chi connectivity index (χ1) is 7.95. The molecule has 17 heavy (non-hydrogen) atoms. The van der Waals surface area contributed by atoms with Gasteiger partial charge in [-0.1, -0.05) is 0 Å². The maximum absolute atomic E-state index is 11.8. The molecule has 0 unspecified atom stereocenters. The van der Waals surface area contributed by atoms with Gasteiger partial charge in [-0.2, -0.15) is 4.31 Å². The molecule has 100 valence electrons. The Balaban J connectivity index is 2.43. The zero-order valence-electron chi connectivity index (χ0n) is 9.83. The summed E-state index contributed by atoms with van der Waals surface area (Å²) in [6.07, 6.45) is 0. The molecule has 0 aliphatic carbocycles. The lowest BCUT2D eigenvalue weighted by atomic mass is 10.3. The molecule has 0 saturated carbocycles. The minimum atomic E-state index is -3.26. The smallest absolute Gasteiger partial charge is 0.317 e. The van der Waals surface area contributed by atoms with Crippen molar-refractivity contribution in [1.29, 1.82) is 0 Å². The van der Waals surface area contributed by atoms with Crippen molar-refractivity contribution >= 4 is 16.0 Å². The number of sulfonamides is 1. The summed E-state index contributed by atoms with van der Waals surface area (Å²) in [5, 5.41) is 8.62. The minimum absolute atomic E-state index is 0.0254. The molecule has 0 spiro atoms. The molecule has 0 aromatic carbocycles. The van der Waals surface area contributed by atoms with Gasteiger partial charge < -0.3 is 9.84 Å². The molecule has 0 amide bonds. The standard InChI is InChI=1S/C9H18N2O5S/c1-16-6-7-17(14,15)11-4-2-10(3-5-11)8-9(12)13/h2-8H2,1H3,(H,12,13). The second-order valence-corrected chi connectivity index (χ2v) is 5.97. The van der Waals surface area contributed by atoms with Gasteiger partial charge in [0.1, 0.15) is 0 Å². The van der Waals surface area contributed by atoms with Crippen LogP contribution >= 0.6 is 0 Å². The number of carboxylic acid groups (broad SMARTS) is 1. The summed E-state index contributed by atoms with van der Waals surface area (Å²) >= 11 is 0. The largest absolute Gasteiger partial charge is 0.480 e.